The maximum absolute atomic E-state index is 13.2. The van der Waals surface area contributed by atoms with Crippen LogP contribution in [0, 0.1) is 0 Å². The van der Waals surface area contributed by atoms with Gasteiger partial charge in [-0.1, -0.05) is 18.2 Å². The highest BCUT2D eigenvalue weighted by atomic mass is 16.5. The van der Waals surface area contributed by atoms with E-state index in [4.69, 9.17) is 19.2 Å². The molecule has 0 spiro atoms. The molecule has 7 heteroatoms. The number of nitrogens with zero attached hydrogens (tertiary/aromatic N) is 1. The van der Waals surface area contributed by atoms with E-state index in [9.17, 15) is 9.59 Å². The summed E-state index contributed by atoms with van der Waals surface area (Å²) in [5.74, 6) is 0.450. The van der Waals surface area contributed by atoms with Crippen LogP contribution < -0.4 is 14.8 Å². The van der Waals surface area contributed by atoms with Gasteiger partial charge in [-0.2, -0.15) is 0 Å². The van der Waals surface area contributed by atoms with Crippen LogP contribution in [0.3, 0.4) is 0 Å². The van der Waals surface area contributed by atoms with Crippen molar-refractivity contribution in [1.29, 1.82) is 0 Å². The van der Waals surface area contributed by atoms with Gasteiger partial charge < -0.3 is 19.5 Å². The van der Waals surface area contributed by atoms with Crippen molar-refractivity contribution in [2.24, 2.45) is 0 Å². The lowest BCUT2D eigenvalue weighted by Crippen LogP contribution is -2.13. The summed E-state index contributed by atoms with van der Waals surface area (Å²) in [6.07, 6.45) is 0. The van der Waals surface area contributed by atoms with Crippen molar-refractivity contribution in [2.75, 3.05) is 26.6 Å². The third kappa shape index (κ3) is 4.48. The molecule has 3 aromatic carbocycles. The van der Waals surface area contributed by atoms with E-state index in [1.165, 1.54) is 7.11 Å². The van der Waals surface area contributed by atoms with Gasteiger partial charge in [0.15, 0.2) is 11.5 Å². The van der Waals surface area contributed by atoms with Gasteiger partial charge in [0.1, 0.15) is 0 Å². The number of benzene rings is 3. The number of pyridine rings is 1. The van der Waals surface area contributed by atoms with Crippen LogP contribution >= 0.6 is 0 Å². The number of carbonyl (C=O) groups excluding carboxylic acids is 2. The molecule has 0 aliphatic carbocycles. The Bertz CT molecular complexity index is 1330. The first-order valence-electron chi connectivity index (χ1n) is 10.2. The molecule has 33 heavy (non-hydrogen) atoms. The largest absolute Gasteiger partial charge is 0.493 e. The molecule has 4 aromatic rings. The fourth-order valence-corrected chi connectivity index (χ4v) is 3.51. The average Bonchev–Trinajstić information content (AvgIpc) is 2.87. The number of ether oxygens (including phenoxy) is 3. The highest BCUT2D eigenvalue weighted by Gasteiger charge is 2.16. The fourth-order valence-electron chi connectivity index (χ4n) is 3.51. The van der Waals surface area contributed by atoms with Crippen LogP contribution in [-0.2, 0) is 4.74 Å². The summed E-state index contributed by atoms with van der Waals surface area (Å²) in [6.45, 7) is 0. The maximum atomic E-state index is 13.2. The SMILES string of the molecule is COC(=O)c1ccc(NC(=O)c2cc(-c3ccc(OC)c(OC)c3)nc3ccccc23)cc1. The standard InChI is InChI=1S/C26H22N2O5/c1-31-23-13-10-17(14-24(23)32-2)22-15-20(19-6-4-5-7-21(19)28-22)25(29)27-18-11-8-16(9-12-18)26(30)33-3/h4-15H,1-3H3,(H,27,29). The Balaban J connectivity index is 1.73. The van der Waals surface area contributed by atoms with Crippen LogP contribution in [0.1, 0.15) is 20.7 Å². The Morgan fingerprint density at radius 3 is 2.24 bits per heavy atom. The molecule has 0 atom stereocenters. The Morgan fingerprint density at radius 1 is 0.818 bits per heavy atom. The van der Waals surface area contributed by atoms with Crippen molar-refractivity contribution >= 4 is 28.5 Å². The molecule has 0 fully saturated rings. The van der Waals surface area contributed by atoms with Gasteiger partial charge in [0.25, 0.3) is 5.91 Å². The number of anilines is 1. The van der Waals surface area contributed by atoms with Gasteiger partial charge in [-0.3, -0.25) is 4.79 Å². The number of para-hydroxylation sites is 1. The lowest BCUT2D eigenvalue weighted by atomic mass is 10.0. The van der Waals surface area contributed by atoms with Crippen LogP contribution in [0.5, 0.6) is 11.5 Å². The number of nitrogens with one attached hydrogen (secondary N) is 1. The van der Waals surface area contributed by atoms with Crippen molar-refractivity contribution in [2.45, 2.75) is 0 Å². The minimum absolute atomic E-state index is 0.291. The van der Waals surface area contributed by atoms with Gasteiger partial charge in [0, 0.05) is 16.6 Å². The monoisotopic (exact) mass is 442 g/mol. The lowest BCUT2D eigenvalue weighted by Gasteiger charge is -2.13. The number of amides is 1. The quantitative estimate of drug-likeness (QED) is 0.425. The number of methoxy groups -OCH3 is 3. The van der Waals surface area contributed by atoms with Crippen molar-refractivity contribution in [1.82, 2.24) is 4.98 Å². The number of aromatic nitrogens is 1. The zero-order valence-corrected chi connectivity index (χ0v) is 18.4. The molecule has 1 amide bonds. The van der Waals surface area contributed by atoms with Crippen molar-refractivity contribution < 1.29 is 23.8 Å². The summed E-state index contributed by atoms with van der Waals surface area (Å²) in [6, 6.07) is 21.2. The van der Waals surface area contributed by atoms with E-state index in [2.05, 4.69) is 5.32 Å². The number of hydrogen-bond acceptors (Lipinski definition) is 6. The van der Waals surface area contributed by atoms with Crippen molar-refractivity contribution in [3.05, 3.63) is 83.9 Å². The van der Waals surface area contributed by atoms with E-state index < -0.39 is 5.97 Å². The van der Waals surface area contributed by atoms with Gasteiger partial charge in [0.05, 0.1) is 43.7 Å². The zero-order chi connectivity index (χ0) is 23.4. The average molecular weight is 442 g/mol. The summed E-state index contributed by atoms with van der Waals surface area (Å²) in [4.78, 5) is 29.6. The topological polar surface area (TPSA) is 86.8 Å². The van der Waals surface area contributed by atoms with E-state index in [0.717, 1.165) is 10.9 Å². The lowest BCUT2D eigenvalue weighted by molar-refractivity contribution is 0.0600. The molecule has 1 N–H and O–H groups in total. The molecule has 0 aliphatic rings. The number of rotatable bonds is 6. The van der Waals surface area contributed by atoms with E-state index in [0.29, 0.717) is 39.5 Å². The Labute approximate surface area is 190 Å². The molecule has 166 valence electrons. The molecule has 0 radical (unpaired) electrons. The molecule has 0 saturated heterocycles. The molecule has 0 unspecified atom stereocenters. The fraction of sp³-hybridized carbons (Fsp3) is 0.115. The summed E-state index contributed by atoms with van der Waals surface area (Å²) >= 11 is 0. The van der Waals surface area contributed by atoms with Gasteiger partial charge >= 0.3 is 5.97 Å². The summed E-state index contributed by atoms with van der Waals surface area (Å²) < 4.78 is 15.4. The van der Waals surface area contributed by atoms with Crippen molar-refractivity contribution in [3.8, 4) is 22.8 Å². The van der Waals surface area contributed by atoms with E-state index in [1.807, 2.05) is 36.4 Å². The summed E-state index contributed by atoms with van der Waals surface area (Å²) in [5, 5.41) is 3.62. The molecular formula is C26H22N2O5. The molecular weight excluding hydrogens is 420 g/mol. The highest BCUT2D eigenvalue weighted by molar-refractivity contribution is 6.13. The van der Waals surface area contributed by atoms with Crippen LogP contribution in [0.2, 0.25) is 0 Å². The third-order valence-electron chi connectivity index (χ3n) is 5.20. The number of fused-ring (bicyclic) bond motifs is 1. The van der Waals surface area contributed by atoms with E-state index in [1.54, 1.807) is 50.6 Å². The predicted molar refractivity (Wildman–Crippen MR) is 126 cm³/mol. The highest BCUT2D eigenvalue weighted by Crippen LogP contribution is 2.33. The molecule has 1 aromatic heterocycles. The molecule has 4 rings (SSSR count). The summed E-state index contributed by atoms with van der Waals surface area (Å²) in [7, 11) is 4.47. The Kier molecular flexibility index (Phi) is 6.22. The maximum Gasteiger partial charge on any atom is 0.337 e. The molecule has 0 aliphatic heterocycles. The third-order valence-corrected chi connectivity index (χ3v) is 5.20. The van der Waals surface area contributed by atoms with Crippen LogP contribution in [0.15, 0.2) is 72.8 Å². The van der Waals surface area contributed by atoms with E-state index in [-0.39, 0.29) is 5.91 Å². The Morgan fingerprint density at radius 2 is 1.55 bits per heavy atom. The minimum atomic E-state index is -0.437. The summed E-state index contributed by atoms with van der Waals surface area (Å²) in [5.41, 5.74) is 3.54. The Hall–Kier alpha value is -4.39. The normalized spacial score (nSPS) is 10.5. The van der Waals surface area contributed by atoms with Crippen LogP contribution in [0.25, 0.3) is 22.2 Å². The number of hydrogen-bond donors (Lipinski definition) is 1. The first-order valence-corrected chi connectivity index (χ1v) is 10.2. The first-order chi connectivity index (χ1) is 16.0. The van der Waals surface area contributed by atoms with Gasteiger partial charge in [0.2, 0.25) is 0 Å². The second-order valence-corrected chi connectivity index (χ2v) is 7.17. The molecule has 7 nitrogen and oxygen atoms in total. The number of carbonyl (C=O) groups is 2. The van der Waals surface area contributed by atoms with Crippen LogP contribution in [0.4, 0.5) is 5.69 Å². The van der Waals surface area contributed by atoms with Gasteiger partial charge in [-0.25, -0.2) is 9.78 Å². The second-order valence-electron chi connectivity index (χ2n) is 7.17. The zero-order valence-electron chi connectivity index (χ0n) is 18.4. The number of esters is 1. The molecule has 1 heterocycles. The van der Waals surface area contributed by atoms with Gasteiger partial charge in [-0.05, 0) is 54.6 Å². The van der Waals surface area contributed by atoms with Crippen molar-refractivity contribution in [3.63, 3.8) is 0 Å². The molecule has 0 bridgehead atoms. The van der Waals surface area contributed by atoms with Crippen LogP contribution in [-0.4, -0.2) is 38.2 Å². The minimum Gasteiger partial charge on any atom is -0.493 e. The predicted octanol–water partition coefficient (Wildman–Crippen LogP) is 4.96. The smallest absolute Gasteiger partial charge is 0.337 e. The second kappa shape index (κ2) is 9.40. The molecule has 0 saturated carbocycles. The van der Waals surface area contributed by atoms with E-state index >= 15 is 0 Å². The van der Waals surface area contributed by atoms with Gasteiger partial charge in [-0.15, -0.1) is 0 Å². The first kappa shape index (κ1) is 21.8.